The molecule has 0 saturated carbocycles. The van der Waals surface area contributed by atoms with Crippen molar-refractivity contribution in [3.63, 3.8) is 0 Å². The van der Waals surface area contributed by atoms with Crippen LogP contribution in [0.1, 0.15) is 18.5 Å². The summed E-state index contributed by atoms with van der Waals surface area (Å²) in [4.78, 5) is 0.291. The van der Waals surface area contributed by atoms with Crippen LogP contribution in [0.2, 0.25) is 0 Å². The van der Waals surface area contributed by atoms with E-state index in [9.17, 15) is 8.42 Å². The molecule has 1 saturated heterocycles. The van der Waals surface area contributed by atoms with Crippen molar-refractivity contribution in [2.24, 2.45) is 5.92 Å². The van der Waals surface area contributed by atoms with Crippen molar-refractivity contribution in [2.45, 2.75) is 24.2 Å². The number of aromatic amines is 1. The minimum absolute atomic E-state index is 0.291. The number of sulfonamides is 1. The first-order valence-corrected chi connectivity index (χ1v) is 9.16. The Bertz CT molecular complexity index is 744. The van der Waals surface area contributed by atoms with Gasteiger partial charge in [0.05, 0.1) is 12.0 Å². The molecule has 1 N–H and O–H groups in total. The number of ether oxygens (including phenoxy) is 1. The Labute approximate surface area is 136 Å². The highest BCUT2D eigenvalue weighted by atomic mass is 32.2. The summed E-state index contributed by atoms with van der Waals surface area (Å²) in [6.07, 6.45) is 4.46. The van der Waals surface area contributed by atoms with Crippen LogP contribution in [0.4, 0.5) is 0 Å². The first-order valence-electron chi connectivity index (χ1n) is 7.72. The summed E-state index contributed by atoms with van der Waals surface area (Å²) in [7, 11) is -1.94. The second-order valence-electron chi connectivity index (χ2n) is 5.84. The molecular weight excluding hydrogens is 314 g/mol. The summed E-state index contributed by atoms with van der Waals surface area (Å²) in [5.74, 6) is 0.863. The van der Waals surface area contributed by atoms with Crippen molar-refractivity contribution >= 4 is 10.0 Å². The van der Waals surface area contributed by atoms with Gasteiger partial charge < -0.3 is 4.74 Å². The molecule has 124 valence electrons. The number of nitrogens with zero attached hydrogens (tertiary/aromatic N) is 2. The molecular formula is C16H21N3O3S. The van der Waals surface area contributed by atoms with Crippen LogP contribution in [0.15, 0.2) is 41.4 Å². The van der Waals surface area contributed by atoms with Crippen molar-refractivity contribution < 1.29 is 13.2 Å². The first-order chi connectivity index (χ1) is 11.1. The number of rotatable bonds is 5. The quantitative estimate of drug-likeness (QED) is 0.907. The van der Waals surface area contributed by atoms with E-state index in [1.54, 1.807) is 34.8 Å². The van der Waals surface area contributed by atoms with E-state index >= 15 is 0 Å². The lowest BCUT2D eigenvalue weighted by Gasteiger charge is -2.31. The Balaban J connectivity index is 1.76. The molecule has 0 spiro atoms. The summed E-state index contributed by atoms with van der Waals surface area (Å²) >= 11 is 0. The molecule has 1 aliphatic rings. The van der Waals surface area contributed by atoms with E-state index < -0.39 is 10.0 Å². The lowest BCUT2D eigenvalue weighted by molar-refractivity contribution is 0.264. The SMILES string of the molecule is COc1cccc(S(=O)(=O)N2CCCC(Cc3ccn[nH]3)C2)c1. The molecule has 6 nitrogen and oxygen atoms in total. The summed E-state index contributed by atoms with van der Waals surface area (Å²) in [5.41, 5.74) is 1.05. The minimum atomic E-state index is -3.48. The molecule has 2 heterocycles. The molecule has 1 aromatic carbocycles. The van der Waals surface area contributed by atoms with Crippen molar-refractivity contribution in [1.82, 2.24) is 14.5 Å². The number of methoxy groups -OCH3 is 1. The fraction of sp³-hybridized carbons (Fsp3) is 0.438. The molecule has 2 aromatic rings. The van der Waals surface area contributed by atoms with Gasteiger partial charge in [-0.3, -0.25) is 5.10 Å². The summed E-state index contributed by atoms with van der Waals surface area (Å²) < 4.78 is 32.4. The van der Waals surface area contributed by atoms with Crippen LogP contribution < -0.4 is 4.74 Å². The first kappa shape index (κ1) is 16.0. The van der Waals surface area contributed by atoms with Crippen LogP contribution in [0.5, 0.6) is 5.75 Å². The van der Waals surface area contributed by atoms with Crippen LogP contribution in [-0.4, -0.2) is 43.1 Å². The zero-order valence-electron chi connectivity index (χ0n) is 13.1. The van der Waals surface area contributed by atoms with Crippen molar-refractivity contribution in [3.05, 3.63) is 42.2 Å². The highest BCUT2D eigenvalue weighted by Crippen LogP contribution is 2.27. The van der Waals surface area contributed by atoms with Crippen LogP contribution >= 0.6 is 0 Å². The second-order valence-corrected chi connectivity index (χ2v) is 7.77. The molecule has 0 amide bonds. The Kier molecular flexibility index (Phi) is 4.68. The van der Waals surface area contributed by atoms with E-state index in [2.05, 4.69) is 10.2 Å². The molecule has 1 unspecified atom stereocenters. The lowest BCUT2D eigenvalue weighted by Crippen LogP contribution is -2.40. The Morgan fingerprint density at radius 1 is 1.39 bits per heavy atom. The topological polar surface area (TPSA) is 75.3 Å². The highest BCUT2D eigenvalue weighted by molar-refractivity contribution is 7.89. The Morgan fingerprint density at radius 3 is 3.00 bits per heavy atom. The molecule has 0 radical (unpaired) electrons. The van der Waals surface area contributed by atoms with Crippen LogP contribution in [-0.2, 0) is 16.4 Å². The average molecular weight is 335 g/mol. The fourth-order valence-corrected chi connectivity index (χ4v) is 4.62. The lowest BCUT2D eigenvalue weighted by atomic mass is 9.95. The van der Waals surface area contributed by atoms with E-state index in [4.69, 9.17) is 4.74 Å². The third kappa shape index (κ3) is 3.56. The van der Waals surface area contributed by atoms with Crippen LogP contribution in [0, 0.1) is 5.92 Å². The normalized spacial score (nSPS) is 19.6. The maximum atomic E-state index is 12.9. The molecule has 1 fully saturated rings. The largest absolute Gasteiger partial charge is 0.497 e. The van der Waals surface area contributed by atoms with Gasteiger partial charge in [0, 0.05) is 31.0 Å². The van der Waals surface area contributed by atoms with Gasteiger partial charge in [-0.05, 0) is 43.4 Å². The van der Waals surface area contributed by atoms with E-state index in [1.807, 2.05) is 6.07 Å². The van der Waals surface area contributed by atoms with Gasteiger partial charge in [0.25, 0.3) is 0 Å². The van der Waals surface area contributed by atoms with Crippen molar-refractivity contribution in [1.29, 1.82) is 0 Å². The number of nitrogens with one attached hydrogen (secondary N) is 1. The number of aromatic nitrogens is 2. The zero-order chi connectivity index (χ0) is 16.3. The second kappa shape index (κ2) is 6.72. The summed E-state index contributed by atoms with van der Waals surface area (Å²) in [6.45, 7) is 1.11. The molecule has 7 heteroatoms. The van der Waals surface area contributed by atoms with E-state index in [-0.39, 0.29) is 0 Å². The Hall–Kier alpha value is -1.86. The smallest absolute Gasteiger partial charge is 0.243 e. The van der Waals surface area contributed by atoms with E-state index in [0.717, 1.165) is 25.0 Å². The maximum absolute atomic E-state index is 12.9. The number of hydrogen-bond donors (Lipinski definition) is 1. The molecule has 0 bridgehead atoms. The van der Waals surface area contributed by atoms with Gasteiger partial charge in [0.1, 0.15) is 5.75 Å². The van der Waals surface area contributed by atoms with Crippen molar-refractivity contribution in [2.75, 3.05) is 20.2 Å². The monoisotopic (exact) mass is 335 g/mol. The van der Waals surface area contributed by atoms with Gasteiger partial charge in [-0.2, -0.15) is 9.40 Å². The Morgan fingerprint density at radius 2 is 2.26 bits per heavy atom. The van der Waals surface area contributed by atoms with Gasteiger partial charge >= 0.3 is 0 Å². The number of hydrogen-bond acceptors (Lipinski definition) is 4. The van der Waals surface area contributed by atoms with Gasteiger partial charge in [0.2, 0.25) is 10.0 Å². The zero-order valence-corrected chi connectivity index (χ0v) is 13.9. The predicted molar refractivity (Wildman–Crippen MR) is 86.8 cm³/mol. The van der Waals surface area contributed by atoms with Crippen LogP contribution in [0.3, 0.4) is 0 Å². The summed E-state index contributed by atoms with van der Waals surface area (Å²) in [6, 6.07) is 8.59. The van der Waals surface area contributed by atoms with Gasteiger partial charge in [-0.1, -0.05) is 6.07 Å². The van der Waals surface area contributed by atoms with Gasteiger partial charge in [-0.15, -0.1) is 0 Å². The fourth-order valence-electron chi connectivity index (χ4n) is 3.03. The molecule has 1 atom stereocenters. The molecule has 0 aliphatic carbocycles. The molecule has 3 rings (SSSR count). The van der Waals surface area contributed by atoms with E-state index in [1.165, 1.54) is 7.11 Å². The standard InChI is InChI=1S/C16H21N3O3S/c1-22-15-5-2-6-16(11-15)23(20,21)19-9-3-4-13(12-19)10-14-7-8-17-18-14/h2,5-8,11,13H,3-4,9-10,12H2,1H3,(H,17,18). The number of H-pyrrole nitrogens is 1. The van der Waals surface area contributed by atoms with Gasteiger partial charge in [-0.25, -0.2) is 8.42 Å². The van der Waals surface area contributed by atoms with E-state index in [0.29, 0.717) is 29.7 Å². The van der Waals surface area contributed by atoms with Crippen molar-refractivity contribution in [3.8, 4) is 5.75 Å². The minimum Gasteiger partial charge on any atom is -0.497 e. The predicted octanol–water partition coefficient (Wildman–Crippen LogP) is 2.06. The molecule has 23 heavy (non-hydrogen) atoms. The molecule has 1 aliphatic heterocycles. The maximum Gasteiger partial charge on any atom is 0.243 e. The average Bonchev–Trinajstić information content (AvgIpc) is 3.08. The molecule has 1 aromatic heterocycles. The van der Waals surface area contributed by atoms with Crippen LogP contribution in [0.25, 0.3) is 0 Å². The summed E-state index contributed by atoms with van der Waals surface area (Å²) in [5, 5.41) is 6.90. The van der Waals surface area contributed by atoms with Gasteiger partial charge in [0.15, 0.2) is 0 Å². The number of piperidine rings is 1. The highest BCUT2D eigenvalue weighted by Gasteiger charge is 2.30. The number of benzene rings is 1. The third-order valence-electron chi connectivity index (χ3n) is 4.23. The third-order valence-corrected chi connectivity index (χ3v) is 6.09.